The molecule has 1 aromatic rings. The van der Waals surface area contributed by atoms with Crippen molar-refractivity contribution >= 4 is 17.3 Å². The van der Waals surface area contributed by atoms with Crippen molar-refractivity contribution in [3.63, 3.8) is 0 Å². The van der Waals surface area contributed by atoms with Gasteiger partial charge in [0.25, 0.3) is 11.6 Å². The van der Waals surface area contributed by atoms with E-state index in [0.29, 0.717) is 0 Å². The van der Waals surface area contributed by atoms with Crippen LogP contribution in [0.5, 0.6) is 0 Å². The SMILES string of the molecule is CCC(C)C(C)NC(=O)c1cc(NC)c(F)cc1[N+](=O)[O-]. The van der Waals surface area contributed by atoms with Crippen LogP contribution in [0.3, 0.4) is 0 Å². The fourth-order valence-corrected chi connectivity index (χ4v) is 1.87. The zero-order chi connectivity index (χ0) is 16.2. The summed E-state index contributed by atoms with van der Waals surface area (Å²) in [6, 6.07) is 1.78. The number of hydrogen-bond donors (Lipinski definition) is 2. The van der Waals surface area contributed by atoms with Crippen molar-refractivity contribution in [1.29, 1.82) is 0 Å². The largest absolute Gasteiger partial charge is 0.386 e. The smallest absolute Gasteiger partial charge is 0.285 e. The zero-order valence-electron chi connectivity index (χ0n) is 12.6. The van der Waals surface area contributed by atoms with Gasteiger partial charge in [-0.1, -0.05) is 20.3 Å². The maximum Gasteiger partial charge on any atom is 0.285 e. The van der Waals surface area contributed by atoms with Crippen molar-refractivity contribution < 1.29 is 14.1 Å². The first-order valence-corrected chi connectivity index (χ1v) is 6.78. The summed E-state index contributed by atoms with van der Waals surface area (Å²) in [6.45, 7) is 5.80. The van der Waals surface area contributed by atoms with E-state index in [0.717, 1.165) is 18.6 Å². The quantitative estimate of drug-likeness (QED) is 0.624. The third-order valence-electron chi connectivity index (χ3n) is 3.65. The van der Waals surface area contributed by atoms with Crippen LogP contribution in [-0.4, -0.2) is 23.9 Å². The molecule has 1 amide bonds. The Labute approximate surface area is 122 Å². The number of rotatable bonds is 6. The normalized spacial score (nSPS) is 13.4. The average Bonchev–Trinajstić information content (AvgIpc) is 2.45. The molecule has 0 fully saturated rings. The molecule has 0 radical (unpaired) electrons. The fourth-order valence-electron chi connectivity index (χ4n) is 1.87. The molecule has 0 aliphatic carbocycles. The lowest BCUT2D eigenvalue weighted by molar-refractivity contribution is -0.385. The molecule has 116 valence electrons. The van der Waals surface area contributed by atoms with Crippen LogP contribution < -0.4 is 10.6 Å². The molecule has 1 aromatic carbocycles. The summed E-state index contributed by atoms with van der Waals surface area (Å²) in [4.78, 5) is 22.4. The lowest BCUT2D eigenvalue weighted by Crippen LogP contribution is -2.37. The second-order valence-corrected chi connectivity index (χ2v) is 5.00. The Bertz CT molecular complexity index is 549. The number of nitro benzene ring substituents is 1. The van der Waals surface area contributed by atoms with Crippen LogP contribution in [0.25, 0.3) is 0 Å². The van der Waals surface area contributed by atoms with Crippen LogP contribution in [0.15, 0.2) is 12.1 Å². The van der Waals surface area contributed by atoms with Crippen molar-refractivity contribution in [2.75, 3.05) is 12.4 Å². The lowest BCUT2D eigenvalue weighted by atomic mass is 10.0. The van der Waals surface area contributed by atoms with E-state index in [1.54, 1.807) is 0 Å². The van der Waals surface area contributed by atoms with E-state index < -0.39 is 22.3 Å². The Kier molecular flexibility index (Phi) is 5.63. The third-order valence-corrected chi connectivity index (χ3v) is 3.65. The minimum atomic E-state index is -0.768. The standard InChI is InChI=1S/C14H20FN3O3/c1-5-8(2)9(3)17-14(19)10-6-12(16-4)11(15)7-13(10)18(20)21/h6-9,16H,5H2,1-4H3,(H,17,19). The molecular weight excluding hydrogens is 277 g/mol. The van der Waals surface area contributed by atoms with Gasteiger partial charge in [-0.25, -0.2) is 4.39 Å². The van der Waals surface area contributed by atoms with Crippen LogP contribution in [0.1, 0.15) is 37.6 Å². The number of anilines is 1. The lowest BCUT2D eigenvalue weighted by Gasteiger charge is -2.20. The van der Waals surface area contributed by atoms with Gasteiger partial charge in [-0.15, -0.1) is 0 Å². The second-order valence-electron chi connectivity index (χ2n) is 5.00. The Hall–Kier alpha value is -2.18. The molecule has 1 rings (SSSR count). The average molecular weight is 297 g/mol. The van der Waals surface area contributed by atoms with Gasteiger partial charge in [0.05, 0.1) is 16.7 Å². The highest BCUT2D eigenvalue weighted by molar-refractivity contribution is 5.99. The molecule has 7 heteroatoms. The first-order chi connectivity index (χ1) is 9.81. The Morgan fingerprint density at radius 3 is 2.52 bits per heavy atom. The van der Waals surface area contributed by atoms with Crippen molar-refractivity contribution in [2.45, 2.75) is 33.2 Å². The van der Waals surface area contributed by atoms with Gasteiger partial charge in [0.2, 0.25) is 0 Å². The number of nitrogens with zero attached hydrogens (tertiary/aromatic N) is 1. The summed E-state index contributed by atoms with van der Waals surface area (Å²) in [5.74, 6) is -1.11. The van der Waals surface area contributed by atoms with Crippen LogP contribution in [0.4, 0.5) is 15.8 Å². The Morgan fingerprint density at radius 2 is 2.05 bits per heavy atom. The molecule has 6 nitrogen and oxygen atoms in total. The molecule has 2 atom stereocenters. The maximum atomic E-state index is 13.6. The minimum absolute atomic E-state index is 0.0435. The number of nitro groups is 1. The van der Waals surface area contributed by atoms with E-state index in [1.807, 2.05) is 20.8 Å². The summed E-state index contributed by atoms with van der Waals surface area (Å²) in [7, 11) is 1.48. The Balaban J connectivity index is 3.15. The molecule has 0 aromatic heterocycles. The van der Waals surface area contributed by atoms with E-state index in [2.05, 4.69) is 10.6 Å². The third kappa shape index (κ3) is 3.90. The van der Waals surface area contributed by atoms with Gasteiger partial charge in [-0.2, -0.15) is 0 Å². The predicted molar refractivity (Wildman–Crippen MR) is 79.0 cm³/mol. The van der Waals surface area contributed by atoms with Crippen molar-refractivity contribution in [1.82, 2.24) is 5.32 Å². The Morgan fingerprint density at radius 1 is 1.43 bits per heavy atom. The molecule has 0 saturated heterocycles. The number of amides is 1. The molecule has 0 aliphatic heterocycles. The molecule has 2 N–H and O–H groups in total. The highest BCUT2D eigenvalue weighted by Gasteiger charge is 2.25. The van der Waals surface area contributed by atoms with Crippen LogP contribution in [0, 0.1) is 21.8 Å². The van der Waals surface area contributed by atoms with Gasteiger partial charge >= 0.3 is 0 Å². The van der Waals surface area contributed by atoms with E-state index in [-0.39, 0.29) is 23.2 Å². The van der Waals surface area contributed by atoms with Gasteiger partial charge in [-0.05, 0) is 18.9 Å². The van der Waals surface area contributed by atoms with Gasteiger partial charge in [0.15, 0.2) is 5.82 Å². The van der Waals surface area contributed by atoms with E-state index in [4.69, 9.17) is 0 Å². The summed E-state index contributed by atoms with van der Waals surface area (Å²) >= 11 is 0. The number of benzene rings is 1. The fraction of sp³-hybridized carbons (Fsp3) is 0.500. The highest BCUT2D eigenvalue weighted by atomic mass is 19.1. The van der Waals surface area contributed by atoms with Gasteiger partial charge < -0.3 is 10.6 Å². The number of hydrogen-bond acceptors (Lipinski definition) is 4. The summed E-state index contributed by atoms with van der Waals surface area (Å²) in [6.07, 6.45) is 0.870. The van der Waals surface area contributed by atoms with E-state index in [9.17, 15) is 19.3 Å². The molecule has 0 heterocycles. The van der Waals surface area contributed by atoms with Crippen LogP contribution >= 0.6 is 0 Å². The number of carbonyl (C=O) groups excluding carboxylic acids is 1. The number of halogens is 1. The van der Waals surface area contributed by atoms with E-state index >= 15 is 0 Å². The molecule has 21 heavy (non-hydrogen) atoms. The molecule has 0 spiro atoms. The summed E-state index contributed by atoms with van der Waals surface area (Å²) < 4.78 is 13.6. The van der Waals surface area contributed by atoms with Gasteiger partial charge in [-0.3, -0.25) is 14.9 Å². The zero-order valence-corrected chi connectivity index (χ0v) is 12.6. The topological polar surface area (TPSA) is 84.3 Å². The van der Waals surface area contributed by atoms with Crippen LogP contribution in [-0.2, 0) is 0 Å². The first kappa shape index (κ1) is 16.9. The number of nitrogens with one attached hydrogen (secondary N) is 2. The summed E-state index contributed by atoms with van der Waals surface area (Å²) in [5, 5.41) is 16.3. The monoisotopic (exact) mass is 297 g/mol. The van der Waals surface area contributed by atoms with Crippen LogP contribution in [0.2, 0.25) is 0 Å². The van der Waals surface area contributed by atoms with Crippen molar-refractivity contribution in [3.8, 4) is 0 Å². The van der Waals surface area contributed by atoms with Crippen molar-refractivity contribution in [3.05, 3.63) is 33.6 Å². The molecule has 0 bridgehead atoms. The van der Waals surface area contributed by atoms with Gasteiger partial charge in [0.1, 0.15) is 5.56 Å². The molecule has 2 unspecified atom stereocenters. The molecular formula is C14H20FN3O3. The predicted octanol–water partition coefficient (Wildman–Crippen LogP) is 2.94. The van der Waals surface area contributed by atoms with Crippen molar-refractivity contribution in [2.24, 2.45) is 5.92 Å². The summed E-state index contributed by atoms with van der Waals surface area (Å²) in [5.41, 5.74) is -0.650. The van der Waals surface area contributed by atoms with E-state index in [1.165, 1.54) is 7.05 Å². The second kappa shape index (κ2) is 7.01. The van der Waals surface area contributed by atoms with Gasteiger partial charge in [0, 0.05) is 13.1 Å². The highest BCUT2D eigenvalue weighted by Crippen LogP contribution is 2.26. The maximum absolute atomic E-state index is 13.6. The molecule has 0 saturated carbocycles. The minimum Gasteiger partial charge on any atom is -0.386 e. The number of carbonyl (C=O) groups is 1. The molecule has 0 aliphatic rings. The first-order valence-electron chi connectivity index (χ1n) is 6.78.